The van der Waals surface area contributed by atoms with E-state index in [1.165, 1.54) is 0 Å². The van der Waals surface area contributed by atoms with Gasteiger partial charge in [-0.2, -0.15) is 0 Å². The van der Waals surface area contributed by atoms with Crippen molar-refractivity contribution in [3.8, 4) is 0 Å². The number of hydrogen-bond acceptors (Lipinski definition) is 3. The van der Waals surface area contributed by atoms with E-state index in [9.17, 15) is 9.90 Å². The molecule has 1 atom stereocenters. The smallest absolute Gasteiger partial charge is 0.248 e. The second-order valence-corrected chi connectivity index (χ2v) is 6.05. The monoisotopic (exact) mass is 303 g/mol. The second kappa shape index (κ2) is 8.11. The van der Waals surface area contributed by atoms with Gasteiger partial charge in [0.05, 0.1) is 13.2 Å². The van der Waals surface area contributed by atoms with Gasteiger partial charge in [0, 0.05) is 18.5 Å². The molecule has 0 aromatic heterocycles. The number of ether oxygens (including phenoxy) is 1. The Hall–Kier alpha value is -1.65. The van der Waals surface area contributed by atoms with Gasteiger partial charge in [-0.05, 0) is 24.8 Å². The topological polar surface area (TPSA) is 49.8 Å². The van der Waals surface area contributed by atoms with Crippen molar-refractivity contribution in [1.29, 1.82) is 0 Å². The van der Waals surface area contributed by atoms with Crippen LogP contribution in [0.2, 0.25) is 0 Å². The van der Waals surface area contributed by atoms with Gasteiger partial charge in [0.1, 0.15) is 6.61 Å². The molecule has 1 aromatic rings. The fraction of sp³-hybridized carbons (Fsp3) is 0.500. The molecule has 0 saturated carbocycles. The van der Waals surface area contributed by atoms with Crippen LogP contribution in [-0.2, 0) is 16.1 Å². The van der Waals surface area contributed by atoms with Crippen LogP contribution in [0.25, 0.3) is 0 Å². The molecule has 1 aliphatic rings. The molecule has 1 amide bonds. The number of carbonyl (C=O) groups excluding carboxylic acids is 1. The lowest BCUT2D eigenvalue weighted by atomic mass is 9.78. The zero-order chi connectivity index (χ0) is 15.8. The highest BCUT2D eigenvalue weighted by Crippen LogP contribution is 2.33. The van der Waals surface area contributed by atoms with E-state index in [2.05, 4.69) is 6.58 Å². The molecule has 2 rings (SSSR count). The van der Waals surface area contributed by atoms with Gasteiger partial charge in [-0.1, -0.05) is 36.4 Å². The summed E-state index contributed by atoms with van der Waals surface area (Å²) in [6.07, 6.45) is 4.41. The van der Waals surface area contributed by atoms with Crippen LogP contribution < -0.4 is 0 Å². The van der Waals surface area contributed by atoms with E-state index in [1.54, 1.807) is 0 Å². The number of carbonyl (C=O) groups is 1. The van der Waals surface area contributed by atoms with Gasteiger partial charge in [0.25, 0.3) is 0 Å². The molecule has 4 nitrogen and oxygen atoms in total. The maximum atomic E-state index is 12.3. The first-order chi connectivity index (χ1) is 10.7. The third-order valence-corrected chi connectivity index (χ3v) is 4.26. The van der Waals surface area contributed by atoms with Crippen LogP contribution >= 0.6 is 0 Å². The number of hydrogen-bond donors (Lipinski definition) is 1. The number of amides is 1. The van der Waals surface area contributed by atoms with Crippen molar-refractivity contribution in [2.75, 3.05) is 26.3 Å². The van der Waals surface area contributed by atoms with Crippen LogP contribution in [0, 0.1) is 5.41 Å². The Morgan fingerprint density at radius 2 is 2.18 bits per heavy atom. The number of aliphatic hydroxyl groups is 1. The Morgan fingerprint density at radius 1 is 1.41 bits per heavy atom. The molecule has 1 saturated heterocycles. The van der Waals surface area contributed by atoms with Crippen LogP contribution in [-0.4, -0.2) is 42.2 Å². The number of aliphatic hydroxyl groups excluding tert-OH is 1. The summed E-state index contributed by atoms with van der Waals surface area (Å²) in [5.74, 6) is -0.00230. The van der Waals surface area contributed by atoms with Crippen LogP contribution in [0.3, 0.4) is 0 Å². The van der Waals surface area contributed by atoms with E-state index in [1.807, 2.05) is 41.3 Å². The summed E-state index contributed by atoms with van der Waals surface area (Å²) in [6, 6.07) is 9.82. The molecule has 0 radical (unpaired) electrons. The molecule has 1 aromatic carbocycles. The van der Waals surface area contributed by atoms with Crippen molar-refractivity contribution >= 4 is 5.91 Å². The zero-order valence-electron chi connectivity index (χ0n) is 13.0. The number of piperidine rings is 1. The lowest BCUT2D eigenvalue weighted by molar-refractivity contribution is -0.140. The standard InChI is InChI=1S/C18H25NO3/c1-2-9-18(15-20)10-6-11-19(14-18)17(21)13-22-12-16-7-4-3-5-8-16/h2-5,7-8,20H,1,6,9-15H2. The van der Waals surface area contributed by atoms with Gasteiger partial charge >= 0.3 is 0 Å². The summed E-state index contributed by atoms with van der Waals surface area (Å²) in [7, 11) is 0. The lowest BCUT2D eigenvalue weighted by Gasteiger charge is -2.41. The van der Waals surface area contributed by atoms with Crippen molar-refractivity contribution in [2.45, 2.75) is 25.9 Å². The van der Waals surface area contributed by atoms with Crippen molar-refractivity contribution in [3.05, 3.63) is 48.6 Å². The molecule has 4 heteroatoms. The molecule has 1 N–H and O–H groups in total. The fourth-order valence-corrected chi connectivity index (χ4v) is 3.01. The van der Waals surface area contributed by atoms with Crippen LogP contribution in [0.5, 0.6) is 0 Å². The van der Waals surface area contributed by atoms with Crippen LogP contribution in [0.1, 0.15) is 24.8 Å². The predicted octanol–water partition coefficient (Wildman–Crippen LogP) is 2.38. The minimum absolute atomic E-state index is 0.00230. The molecule has 0 aliphatic carbocycles. The molecule has 1 unspecified atom stereocenters. The number of benzene rings is 1. The van der Waals surface area contributed by atoms with Gasteiger partial charge in [0.15, 0.2) is 0 Å². The molecule has 120 valence electrons. The molecule has 0 spiro atoms. The van der Waals surface area contributed by atoms with E-state index < -0.39 is 0 Å². The van der Waals surface area contributed by atoms with Crippen molar-refractivity contribution in [3.63, 3.8) is 0 Å². The fourth-order valence-electron chi connectivity index (χ4n) is 3.01. The highest BCUT2D eigenvalue weighted by molar-refractivity contribution is 5.77. The first kappa shape index (κ1) is 16.7. The van der Waals surface area contributed by atoms with Gasteiger partial charge in [-0.25, -0.2) is 0 Å². The van der Waals surface area contributed by atoms with E-state index in [0.29, 0.717) is 13.2 Å². The minimum atomic E-state index is -0.227. The van der Waals surface area contributed by atoms with Crippen molar-refractivity contribution in [1.82, 2.24) is 4.90 Å². The number of allylic oxidation sites excluding steroid dienone is 1. The zero-order valence-corrected chi connectivity index (χ0v) is 13.0. The third kappa shape index (κ3) is 4.42. The Labute approximate surface area is 132 Å². The van der Waals surface area contributed by atoms with E-state index >= 15 is 0 Å². The molecule has 1 aliphatic heterocycles. The average Bonchev–Trinajstić information content (AvgIpc) is 2.56. The summed E-state index contributed by atoms with van der Waals surface area (Å²) >= 11 is 0. The van der Waals surface area contributed by atoms with Gasteiger partial charge < -0.3 is 14.7 Å². The highest BCUT2D eigenvalue weighted by Gasteiger charge is 2.35. The van der Waals surface area contributed by atoms with Crippen molar-refractivity contribution in [2.24, 2.45) is 5.41 Å². The molecule has 0 bridgehead atoms. The van der Waals surface area contributed by atoms with Gasteiger partial charge in [-0.15, -0.1) is 6.58 Å². The predicted molar refractivity (Wildman–Crippen MR) is 86.2 cm³/mol. The lowest BCUT2D eigenvalue weighted by Crippen LogP contribution is -2.48. The molecule has 1 fully saturated rings. The molecule has 1 heterocycles. The summed E-state index contributed by atoms with van der Waals surface area (Å²) in [5.41, 5.74) is 0.833. The molecular weight excluding hydrogens is 278 g/mol. The SMILES string of the molecule is C=CCC1(CO)CCCN(C(=O)COCc2ccccc2)C1. The van der Waals surface area contributed by atoms with Gasteiger partial charge in [0.2, 0.25) is 5.91 Å². The summed E-state index contributed by atoms with van der Waals surface area (Å²) in [6.45, 7) is 5.71. The second-order valence-electron chi connectivity index (χ2n) is 6.05. The van der Waals surface area contributed by atoms with Crippen LogP contribution in [0.15, 0.2) is 43.0 Å². The molecular formula is C18H25NO3. The van der Waals surface area contributed by atoms with Crippen LogP contribution in [0.4, 0.5) is 0 Å². The highest BCUT2D eigenvalue weighted by atomic mass is 16.5. The largest absolute Gasteiger partial charge is 0.396 e. The van der Waals surface area contributed by atoms with Crippen molar-refractivity contribution < 1.29 is 14.6 Å². The maximum Gasteiger partial charge on any atom is 0.248 e. The summed E-state index contributed by atoms with van der Waals surface area (Å²) < 4.78 is 5.52. The molecule has 22 heavy (non-hydrogen) atoms. The summed E-state index contributed by atoms with van der Waals surface area (Å²) in [5, 5.41) is 9.68. The Bertz CT molecular complexity index is 488. The van der Waals surface area contributed by atoms with E-state index in [-0.39, 0.29) is 24.5 Å². The minimum Gasteiger partial charge on any atom is -0.396 e. The number of nitrogens with zero attached hydrogens (tertiary/aromatic N) is 1. The first-order valence-electron chi connectivity index (χ1n) is 7.80. The Balaban J connectivity index is 1.82. The quantitative estimate of drug-likeness (QED) is 0.787. The first-order valence-corrected chi connectivity index (χ1v) is 7.80. The third-order valence-electron chi connectivity index (χ3n) is 4.26. The average molecular weight is 303 g/mol. The Morgan fingerprint density at radius 3 is 2.86 bits per heavy atom. The summed E-state index contributed by atoms with van der Waals surface area (Å²) in [4.78, 5) is 14.1. The Kier molecular flexibility index (Phi) is 6.16. The normalized spacial score (nSPS) is 21.6. The van der Waals surface area contributed by atoms with Gasteiger partial charge in [-0.3, -0.25) is 4.79 Å². The number of likely N-dealkylation sites (tertiary alicyclic amines) is 1. The number of rotatable bonds is 7. The van der Waals surface area contributed by atoms with E-state index in [4.69, 9.17) is 4.74 Å². The maximum absolute atomic E-state index is 12.3. The van der Waals surface area contributed by atoms with E-state index in [0.717, 1.165) is 31.4 Å².